The summed E-state index contributed by atoms with van der Waals surface area (Å²) >= 11 is 0. The molecule has 0 bridgehead atoms. The van der Waals surface area contributed by atoms with Crippen LogP contribution >= 0.6 is 0 Å². The number of pyridine rings is 1. The van der Waals surface area contributed by atoms with Gasteiger partial charge in [-0.2, -0.15) is 0 Å². The molecular weight excluding hydrogens is 448 g/mol. The number of aromatic nitrogens is 2. The van der Waals surface area contributed by atoms with Crippen LogP contribution in [0.5, 0.6) is 11.8 Å². The highest BCUT2D eigenvalue weighted by molar-refractivity contribution is 6.05. The van der Waals surface area contributed by atoms with Gasteiger partial charge < -0.3 is 20.8 Å². The zero-order chi connectivity index (χ0) is 25.8. The minimum atomic E-state index is -1.00. The quantitative estimate of drug-likeness (QED) is 0.314. The highest BCUT2D eigenvalue weighted by Crippen LogP contribution is 2.32. The highest BCUT2D eigenvalue weighted by atomic mass is 16.3. The van der Waals surface area contributed by atoms with Crippen LogP contribution in [0, 0.1) is 12.3 Å². The Bertz CT molecular complexity index is 1200. The van der Waals surface area contributed by atoms with E-state index in [0.717, 1.165) is 5.56 Å². The molecule has 1 aromatic carbocycles. The molecule has 0 radical (unpaired) electrons. The molecule has 0 aliphatic carbocycles. The largest absolute Gasteiger partial charge is 0.494 e. The fourth-order valence-electron chi connectivity index (χ4n) is 3.76. The first-order valence-electron chi connectivity index (χ1n) is 11.2. The smallest absolute Gasteiger partial charge is 0.270 e. The van der Waals surface area contributed by atoms with Gasteiger partial charge in [-0.15, -0.1) is 0 Å². The third-order valence-electron chi connectivity index (χ3n) is 5.68. The van der Waals surface area contributed by atoms with E-state index in [9.17, 15) is 24.6 Å². The predicted octanol–water partition coefficient (Wildman–Crippen LogP) is 3.40. The Labute approximate surface area is 203 Å². The van der Waals surface area contributed by atoms with Gasteiger partial charge in [0.15, 0.2) is 11.7 Å². The molecule has 35 heavy (non-hydrogen) atoms. The number of H-pyrrole nitrogens is 1. The molecule has 5 N–H and O–H groups in total. The van der Waals surface area contributed by atoms with E-state index in [-0.39, 0.29) is 29.1 Å². The van der Waals surface area contributed by atoms with E-state index >= 15 is 0 Å². The standard InChI is InChI=1S/C26H30N4O5/c1-15-20(25(35)30-23(15)33)21(32)22(26(2,3)4)29-19(31)14-18(16-10-6-5-7-11-16)28-24(34)17-12-8-9-13-27-17/h5-13,18,22,30,33,35H,14H2,1-4H3,(H,28,34)(H,29,31)/t18-,22+/m0/s1. The molecule has 0 fully saturated rings. The van der Waals surface area contributed by atoms with Gasteiger partial charge in [0.2, 0.25) is 11.8 Å². The Balaban J connectivity index is 1.83. The van der Waals surface area contributed by atoms with Crippen molar-refractivity contribution in [2.75, 3.05) is 0 Å². The topological polar surface area (TPSA) is 144 Å². The van der Waals surface area contributed by atoms with Gasteiger partial charge in [-0.3, -0.25) is 24.4 Å². The van der Waals surface area contributed by atoms with Crippen LogP contribution in [0.25, 0.3) is 0 Å². The van der Waals surface area contributed by atoms with Gasteiger partial charge in [-0.25, -0.2) is 0 Å². The Morgan fingerprint density at radius 2 is 1.63 bits per heavy atom. The number of benzene rings is 1. The summed E-state index contributed by atoms with van der Waals surface area (Å²) in [6.45, 7) is 6.85. The van der Waals surface area contributed by atoms with Crippen LogP contribution in [0.1, 0.15) is 65.2 Å². The van der Waals surface area contributed by atoms with Gasteiger partial charge in [0.05, 0.1) is 24.1 Å². The molecule has 0 aliphatic heterocycles. The van der Waals surface area contributed by atoms with Gasteiger partial charge >= 0.3 is 0 Å². The lowest BCUT2D eigenvalue weighted by atomic mass is 9.81. The van der Waals surface area contributed by atoms with Crippen molar-refractivity contribution in [1.82, 2.24) is 20.6 Å². The van der Waals surface area contributed by atoms with Gasteiger partial charge in [0, 0.05) is 11.8 Å². The highest BCUT2D eigenvalue weighted by Gasteiger charge is 2.37. The lowest BCUT2D eigenvalue weighted by molar-refractivity contribution is -0.122. The van der Waals surface area contributed by atoms with Crippen molar-refractivity contribution < 1.29 is 24.6 Å². The van der Waals surface area contributed by atoms with Crippen LogP contribution in [0.15, 0.2) is 54.7 Å². The fraction of sp³-hybridized carbons (Fsp3) is 0.308. The van der Waals surface area contributed by atoms with Crippen molar-refractivity contribution in [3.8, 4) is 11.8 Å². The maximum atomic E-state index is 13.3. The Hall–Kier alpha value is -4.14. The van der Waals surface area contributed by atoms with Crippen LogP contribution in [-0.2, 0) is 4.79 Å². The number of hydrogen-bond acceptors (Lipinski definition) is 6. The van der Waals surface area contributed by atoms with E-state index in [2.05, 4.69) is 20.6 Å². The number of hydrogen-bond donors (Lipinski definition) is 5. The molecular formula is C26H30N4O5. The molecule has 0 unspecified atom stereocenters. The van der Waals surface area contributed by atoms with Crippen LogP contribution in [0.3, 0.4) is 0 Å². The van der Waals surface area contributed by atoms with E-state index in [4.69, 9.17) is 0 Å². The normalized spacial score (nSPS) is 13.0. The Morgan fingerprint density at radius 3 is 2.17 bits per heavy atom. The Morgan fingerprint density at radius 1 is 0.971 bits per heavy atom. The number of ketones is 1. The lowest BCUT2D eigenvalue weighted by Crippen LogP contribution is -2.50. The summed E-state index contributed by atoms with van der Waals surface area (Å²) < 4.78 is 0. The molecule has 0 saturated heterocycles. The summed E-state index contributed by atoms with van der Waals surface area (Å²) in [5.41, 5.74) is 0.341. The van der Waals surface area contributed by atoms with Gasteiger partial charge in [0.1, 0.15) is 5.69 Å². The SMILES string of the molecule is Cc1c(O)[nH]c(O)c1C(=O)[C@@H](NC(=O)C[C@H](NC(=O)c1ccccn1)c1ccccc1)C(C)(C)C. The summed E-state index contributed by atoms with van der Waals surface area (Å²) in [7, 11) is 0. The molecule has 2 atom stereocenters. The number of rotatable bonds is 8. The Kier molecular flexibility index (Phi) is 7.58. The number of aromatic amines is 1. The van der Waals surface area contributed by atoms with E-state index in [1.807, 2.05) is 6.07 Å². The van der Waals surface area contributed by atoms with Crippen molar-refractivity contribution >= 4 is 17.6 Å². The molecule has 3 rings (SSSR count). The predicted molar refractivity (Wildman–Crippen MR) is 130 cm³/mol. The van der Waals surface area contributed by atoms with Crippen molar-refractivity contribution in [3.63, 3.8) is 0 Å². The molecule has 184 valence electrons. The van der Waals surface area contributed by atoms with Crippen LogP contribution in [-0.4, -0.2) is 43.8 Å². The first-order valence-corrected chi connectivity index (χ1v) is 11.2. The number of amides is 2. The summed E-state index contributed by atoms with van der Waals surface area (Å²) in [4.78, 5) is 45.6. The average Bonchev–Trinajstić information content (AvgIpc) is 3.08. The molecule has 0 saturated carbocycles. The van der Waals surface area contributed by atoms with E-state index < -0.39 is 41.0 Å². The maximum Gasteiger partial charge on any atom is 0.270 e. The second kappa shape index (κ2) is 10.4. The van der Waals surface area contributed by atoms with E-state index in [1.54, 1.807) is 63.2 Å². The second-order valence-electron chi connectivity index (χ2n) is 9.41. The van der Waals surface area contributed by atoms with Crippen molar-refractivity contribution in [3.05, 3.63) is 77.1 Å². The molecule has 0 spiro atoms. The van der Waals surface area contributed by atoms with Crippen molar-refractivity contribution in [2.24, 2.45) is 5.41 Å². The summed E-state index contributed by atoms with van der Waals surface area (Å²) in [5.74, 6) is -2.21. The summed E-state index contributed by atoms with van der Waals surface area (Å²) in [5, 5.41) is 25.6. The average molecular weight is 479 g/mol. The van der Waals surface area contributed by atoms with Gasteiger partial charge in [-0.05, 0) is 30.0 Å². The third-order valence-corrected chi connectivity index (χ3v) is 5.68. The fourth-order valence-corrected chi connectivity index (χ4v) is 3.76. The zero-order valence-corrected chi connectivity index (χ0v) is 20.1. The molecule has 2 heterocycles. The van der Waals surface area contributed by atoms with Gasteiger partial charge in [0.25, 0.3) is 5.91 Å². The molecule has 9 nitrogen and oxygen atoms in total. The number of carbonyl (C=O) groups excluding carboxylic acids is 3. The number of Topliss-reactive ketones (excluding diaryl/α,β-unsaturated/α-hetero) is 1. The monoisotopic (exact) mass is 478 g/mol. The molecule has 3 aromatic rings. The first-order chi connectivity index (χ1) is 16.5. The van der Waals surface area contributed by atoms with Crippen LogP contribution in [0.2, 0.25) is 0 Å². The van der Waals surface area contributed by atoms with Crippen molar-refractivity contribution in [2.45, 2.75) is 46.2 Å². The first kappa shape index (κ1) is 25.5. The molecule has 9 heteroatoms. The molecule has 0 aliphatic rings. The van der Waals surface area contributed by atoms with E-state index in [0.29, 0.717) is 0 Å². The van der Waals surface area contributed by atoms with Gasteiger partial charge in [-0.1, -0.05) is 57.2 Å². The zero-order valence-electron chi connectivity index (χ0n) is 20.1. The van der Waals surface area contributed by atoms with E-state index in [1.165, 1.54) is 13.1 Å². The minimum absolute atomic E-state index is 0.0780. The second-order valence-corrected chi connectivity index (χ2v) is 9.41. The third kappa shape index (κ3) is 6.06. The number of aromatic hydroxyl groups is 2. The maximum absolute atomic E-state index is 13.3. The molecule has 2 amide bonds. The lowest BCUT2D eigenvalue weighted by Gasteiger charge is -2.31. The van der Waals surface area contributed by atoms with Crippen LogP contribution in [0.4, 0.5) is 0 Å². The number of carbonyl (C=O) groups is 3. The van der Waals surface area contributed by atoms with Crippen LogP contribution < -0.4 is 10.6 Å². The number of nitrogens with zero attached hydrogens (tertiary/aromatic N) is 1. The molecule has 2 aromatic heterocycles. The number of nitrogens with one attached hydrogen (secondary N) is 3. The van der Waals surface area contributed by atoms with Crippen molar-refractivity contribution in [1.29, 1.82) is 0 Å². The summed E-state index contributed by atoms with van der Waals surface area (Å²) in [6.07, 6.45) is 1.38. The minimum Gasteiger partial charge on any atom is -0.494 e. The summed E-state index contributed by atoms with van der Waals surface area (Å²) in [6, 6.07) is 12.3.